The third-order valence-corrected chi connectivity index (χ3v) is 4.10. The molecular formula is C17H22N4O2S. The molecule has 0 spiro atoms. The van der Waals surface area contributed by atoms with Crippen LogP contribution in [0.4, 0.5) is 0 Å². The summed E-state index contributed by atoms with van der Waals surface area (Å²) in [6.07, 6.45) is 1.58. The van der Waals surface area contributed by atoms with Crippen molar-refractivity contribution in [1.29, 1.82) is 0 Å². The zero-order valence-corrected chi connectivity index (χ0v) is 14.4. The molecule has 0 aliphatic rings. The topological polar surface area (TPSA) is 78.7 Å². The first-order chi connectivity index (χ1) is 11.8. The Balaban J connectivity index is 1.58. The second kappa shape index (κ2) is 10.4. The lowest BCUT2D eigenvalue weighted by Gasteiger charge is -2.11. The number of carbonyl (C=O) groups excluding carboxylic acids is 1. The van der Waals surface area contributed by atoms with Crippen LogP contribution in [0.5, 0.6) is 0 Å². The van der Waals surface area contributed by atoms with E-state index in [1.165, 1.54) is 4.90 Å². The molecule has 7 heteroatoms. The van der Waals surface area contributed by atoms with E-state index in [-0.39, 0.29) is 12.5 Å². The summed E-state index contributed by atoms with van der Waals surface area (Å²) < 4.78 is 5.16. The van der Waals surface area contributed by atoms with Crippen LogP contribution in [-0.2, 0) is 11.3 Å². The van der Waals surface area contributed by atoms with Crippen LogP contribution in [0.2, 0.25) is 0 Å². The van der Waals surface area contributed by atoms with Crippen molar-refractivity contribution >= 4 is 23.6 Å². The minimum absolute atomic E-state index is 0.118. The molecule has 0 radical (unpaired) electrons. The Bertz CT molecular complexity index is 629. The van der Waals surface area contributed by atoms with Gasteiger partial charge in [-0.2, -0.15) is 0 Å². The molecular weight excluding hydrogens is 324 g/mol. The second-order valence-electron chi connectivity index (χ2n) is 4.87. The Labute approximate surface area is 146 Å². The summed E-state index contributed by atoms with van der Waals surface area (Å²) in [5.41, 5.74) is 0. The normalized spacial score (nSPS) is 11.1. The lowest BCUT2D eigenvalue weighted by atomic mass is 10.4. The van der Waals surface area contributed by atoms with E-state index in [0.717, 1.165) is 18.1 Å². The molecule has 1 amide bonds. The highest BCUT2D eigenvalue weighted by Gasteiger charge is 2.04. The Morgan fingerprint density at radius 3 is 2.67 bits per heavy atom. The van der Waals surface area contributed by atoms with Crippen LogP contribution >= 0.6 is 11.8 Å². The first-order valence-electron chi connectivity index (χ1n) is 7.69. The predicted molar refractivity (Wildman–Crippen MR) is 97.1 cm³/mol. The van der Waals surface area contributed by atoms with Crippen molar-refractivity contribution in [3.05, 3.63) is 54.5 Å². The Morgan fingerprint density at radius 2 is 1.96 bits per heavy atom. The number of carbonyl (C=O) groups is 1. The molecule has 1 aromatic heterocycles. The van der Waals surface area contributed by atoms with Gasteiger partial charge in [0.15, 0.2) is 5.96 Å². The Morgan fingerprint density at radius 1 is 1.12 bits per heavy atom. The Hall–Kier alpha value is -2.41. The van der Waals surface area contributed by atoms with E-state index in [2.05, 4.69) is 33.1 Å². The van der Waals surface area contributed by atoms with Gasteiger partial charge >= 0.3 is 0 Å². The van der Waals surface area contributed by atoms with Crippen LogP contribution in [0.1, 0.15) is 5.76 Å². The maximum atomic E-state index is 11.8. The monoisotopic (exact) mass is 346 g/mol. The van der Waals surface area contributed by atoms with Crippen molar-refractivity contribution < 1.29 is 9.21 Å². The van der Waals surface area contributed by atoms with Gasteiger partial charge in [-0.15, -0.1) is 11.8 Å². The third kappa shape index (κ3) is 6.78. The number of aliphatic imine (C=N–C) groups is 1. The molecule has 1 aromatic carbocycles. The van der Waals surface area contributed by atoms with Gasteiger partial charge in [0.05, 0.1) is 19.4 Å². The van der Waals surface area contributed by atoms with E-state index in [0.29, 0.717) is 12.5 Å². The highest BCUT2D eigenvalue weighted by molar-refractivity contribution is 7.99. The van der Waals surface area contributed by atoms with E-state index in [1.807, 2.05) is 24.3 Å². The summed E-state index contributed by atoms with van der Waals surface area (Å²) in [5, 5.41) is 8.94. The fourth-order valence-electron chi connectivity index (χ4n) is 1.90. The molecule has 0 saturated carbocycles. The van der Waals surface area contributed by atoms with Crippen molar-refractivity contribution in [1.82, 2.24) is 16.0 Å². The number of hydrogen-bond donors (Lipinski definition) is 3. The van der Waals surface area contributed by atoms with Crippen molar-refractivity contribution in [3.63, 3.8) is 0 Å². The zero-order valence-electron chi connectivity index (χ0n) is 13.6. The number of thioether (sulfide) groups is 1. The quantitative estimate of drug-likeness (QED) is 0.294. The average Bonchev–Trinajstić information content (AvgIpc) is 3.14. The van der Waals surface area contributed by atoms with Crippen LogP contribution in [0.15, 0.2) is 63.0 Å². The number of nitrogens with one attached hydrogen (secondary N) is 3. The lowest BCUT2D eigenvalue weighted by Crippen LogP contribution is -2.43. The summed E-state index contributed by atoms with van der Waals surface area (Å²) in [7, 11) is 1.68. The predicted octanol–water partition coefficient (Wildman–Crippen LogP) is 1.85. The molecule has 6 nitrogen and oxygen atoms in total. The van der Waals surface area contributed by atoms with Crippen molar-refractivity contribution in [3.8, 4) is 0 Å². The van der Waals surface area contributed by atoms with Crippen LogP contribution in [-0.4, -0.2) is 37.8 Å². The van der Waals surface area contributed by atoms with Gasteiger partial charge in [0.2, 0.25) is 5.91 Å². The minimum atomic E-state index is -0.118. The first kappa shape index (κ1) is 17.9. The summed E-state index contributed by atoms with van der Waals surface area (Å²) in [6.45, 7) is 1.30. The second-order valence-corrected chi connectivity index (χ2v) is 6.04. The SMILES string of the molecule is CN=C(NCCSc1ccccc1)NCC(=O)NCc1ccco1. The van der Waals surface area contributed by atoms with Gasteiger partial charge in [-0.25, -0.2) is 0 Å². The largest absolute Gasteiger partial charge is 0.467 e. The molecule has 0 aliphatic carbocycles. The number of benzene rings is 1. The van der Waals surface area contributed by atoms with Crippen LogP contribution in [0, 0.1) is 0 Å². The number of hydrogen-bond acceptors (Lipinski definition) is 4. The number of furan rings is 1. The molecule has 0 bridgehead atoms. The van der Waals surface area contributed by atoms with E-state index < -0.39 is 0 Å². The molecule has 0 aliphatic heterocycles. The van der Waals surface area contributed by atoms with Gasteiger partial charge < -0.3 is 20.4 Å². The van der Waals surface area contributed by atoms with Crippen molar-refractivity contribution in [2.24, 2.45) is 4.99 Å². The van der Waals surface area contributed by atoms with Gasteiger partial charge in [0.1, 0.15) is 5.76 Å². The lowest BCUT2D eigenvalue weighted by molar-refractivity contribution is -0.120. The molecule has 128 valence electrons. The number of nitrogens with zero attached hydrogens (tertiary/aromatic N) is 1. The summed E-state index contributed by atoms with van der Waals surface area (Å²) >= 11 is 1.77. The minimum Gasteiger partial charge on any atom is -0.467 e. The maximum absolute atomic E-state index is 11.8. The van der Waals surface area contributed by atoms with E-state index in [4.69, 9.17) is 4.42 Å². The summed E-state index contributed by atoms with van der Waals surface area (Å²) in [6, 6.07) is 13.8. The van der Waals surface area contributed by atoms with Gasteiger partial charge in [-0.1, -0.05) is 18.2 Å². The van der Waals surface area contributed by atoms with Gasteiger partial charge in [0.25, 0.3) is 0 Å². The fraction of sp³-hybridized carbons (Fsp3) is 0.294. The third-order valence-electron chi connectivity index (χ3n) is 3.09. The van der Waals surface area contributed by atoms with Crippen molar-refractivity contribution in [2.45, 2.75) is 11.4 Å². The highest BCUT2D eigenvalue weighted by Crippen LogP contribution is 2.15. The van der Waals surface area contributed by atoms with E-state index in [9.17, 15) is 4.79 Å². The molecule has 0 atom stereocenters. The Kier molecular flexibility index (Phi) is 7.76. The average molecular weight is 346 g/mol. The van der Waals surface area contributed by atoms with Crippen LogP contribution in [0.25, 0.3) is 0 Å². The molecule has 24 heavy (non-hydrogen) atoms. The van der Waals surface area contributed by atoms with Crippen molar-refractivity contribution in [2.75, 3.05) is 25.9 Å². The molecule has 0 unspecified atom stereocenters. The molecule has 3 N–H and O–H groups in total. The molecule has 0 saturated heterocycles. The number of guanidine groups is 1. The van der Waals surface area contributed by atoms with Gasteiger partial charge in [-0.3, -0.25) is 9.79 Å². The molecule has 2 aromatic rings. The number of amides is 1. The summed E-state index contributed by atoms with van der Waals surface area (Å²) in [4.78, 5) is 17.1. The van der Waals surface area contributed by atoms with Gasteiger partial charge in [-0.05, 0) is 24.3 Å². The molecule has 2 rings (SSSR count). The van der Waals surface area contributed by atoms with E-state index in [1.54, 1.807) is 31.1 Å². The molecule has 0 fully saturated rings. The smallest absolute Gasteiger partial charge is 0.239 e. The number of rotatable bonds is 8. The standard InChI is InChI=1S/C17H22N4O2S/c1-18-17(19-9-11-24-15-7-3-2-4-8-15)21-13-16(22)20-12-14-6-5-10-23-14/h2-8,10H,9,11-13H2,1H3,(H,20,22)(H2,18,19,21). The first-order valence-corrected chi connectivity index (χ1v) is 8.68. The molecule has 1 heterocycles. The fourth-order valence-corrected chi connectivity index (χ4v) is 2.69. The zero-order chi connectivity index (χ0) is 17.0. The van der Waals surface area contributed by atoms with E-state index >= 15 is 0 Å². The highest BCUT2D eigenvalue weighted by atomic mass is 32.2. The summed E-state index contributed by atoms with van der Waals surface area (Å²) in [5.74, 6) is 2.13. The maximum Gasteiger partial charge on any atom is 0.239 e. The van der Waals surface area contributed by atoms with Crippen LogP contribution in [0.3, 0.4) is 0 Å². The van der Waals surface area contributed by atoms with Gasteiger partial charge in [0, 0.05) is 24.2 Å². The van der Waals surface area contributed by atoms with Crippen LogP contribution < -0.4 is 16.0 Å².